The topological polar surface area (TPSA) is 26.3 Å². The molecule has 0 aliphatic heterocycles. The minimum atomic E-state index is -0.170. The van der Waals surface area contributed by atoms with Gasteiger partial charge < -0.3 is 4.74 Å². The Balaban J connectivity index is 2.74. The number of esters is 1. The summed E-state index contributed by atoms with van der Waals surface area (Å²) in [6.45, 7) is 5.72. The van der Waals surface area contributed by atoms with E-state index >= 15 is 0 Å². The van der Waals surface area contributed by atoms with E-state index in [0.29, 0.717) is 18.6 Å². The predicted octanol–water partition coefficient (Wildman–Crippen LogP) is 4.34. The lowest BCUT2D eigenvalue weighted by Gasteiger charge is -2.08. The Labute approximate surface area is 109 Å². The van der Waals surface area contributed by atoms with Crippen molar-refractivity contribution in [3.8, 4) is 0 Å². The summed E-state index contributed by atoms with van der Waals surface area (Å²) >= 11 is 0. The maximum atomic E-state index is 11.7. The Morgan fingerprint density at radius 2 is 2.06 bits per heavy atom. The first-order valence-corrected chi connectivity index (χ1v) is 6.35. The van der Waals surface area contributed by atoms with Crippen LogP contribution in [0.4, 0.5) is 0 Å². The zero-order valence-electron chi connectivity index (χ0n) is 10.9. The van der Waals surface area contributed by atoms with Crippen molar-refractivity contribution in [3.05, 3.63) is 54.6 Å². The largest absolute Gasteiger partial charge is 0.426 e. The smallest absolute Gasteiger partial charge is 0.311 e. The van der Waals surface area contributed by atoms with Gasteiger partial charge in [-0.05, 0) is 18.9 Å². The number of carbonyl (C=O) groups is 1. The first-order valence-electron chi connectivity index (χ1n) is 6.35. The van der Waals surface area contributed by atoms with Gasteiger partial charge in [0.05, 0.1) is 0 Å². The average Bonchev–Trinajstić information content (AvgIpc) is 2.42. The molecule has 0 aliphatic carbocycles. The summed E-state index contributed by atoms with van der Waals surface area (Å²) in [7, 11) is 0. The van der Waals surface area contributed by atoms with Gasteiger partial charge in [-0.3, -0.25) is 4.79 Å². The lowest BCUT2D eigenvalue weighted by molar-refractivity contribution is -0.136. The van der Waals surface area contributed by atoms with E-state index in [1.165, 1.54) is 0 Å². The Kier molecular flexibility index (Phi) is 6.55. The van der Waals surface area contributed by atoms with Crippen molar-refractivity contribution in [2.45, 2.75) is 32.6 Å². The van der Waals surface area contributed by atoms with Gasteiger partial charge in [0.15, 0.2) is 0 Å². The van der Waals surface area contributed by atoms with E-state index in [0.717, 1.165) is 18.4 Å². The quantitative estimate of drug-likeness (QED) is 0.405. The third kappa shape index (κ3) is 5.00. The zero-order chi connectivity index (χ0) is 13.2. The minimum Gasteiger partial charge on any atom is -0.426 e. The van der Waals surface area contributed by atoms with Gasteiger partial charge in [0.25, 0.3) is 0 Å². The van der Waals surface area contributed by atoms with Crippen molar-refractivity contribution in [2.75, 3.05) is 0 Å². The van der Waals surface area contributed by atoms with E-state index in [9.17, 15) is 4.79 Å². The molecule has 96 valence electrons. The summed E-state index contributed by atoms with van der Waals surface area (Å²) in [6.07, 6.45) is 6.67. The standard InChI is InChI=1S/C16H20O2/c1-3-5-12-15(14-10-8-7-9-11-14)18-16(17)13-6-4-2/h3,7-12H,1,4-6,13H2,2H3. The number of unbranched alkanes of at least 4 members (excludes halogenated alkanes) is 1. The molecule has 1 rings (SSSR count). The second kappa shape index (κ2) is 8.29. The van der Waals surface area contributed by atoms with E-state index in [1.807, 2.05) is 36.4 Å². The Bertz CT molecular complexity index is 404. The van der Waals surface area contributed by atoms with Crippen LogP contribution in [0.5, 0.6) is 0 Å². The molecule has 0 atom stereocenters. The van der Waals surface area contributed by atoms with Gasteiger partial charge in [0, 0.05) is 12.0 Å². The molecule has 0 radical (unpaired) electrons. The van der Waals surface area contributed by atoms with Crippen LogP contribution in [0.3, 0.4) is 0 Å². The fourth-order valence-electron chi connectivity index (χ4n) is 1.51. The normalized spacial score (nSPS) is 11.1. The van der Waals surface area contributed by atoms with Crippen LogP contribution in [-0.2, 0) is 9.53 Å². The molecule has 1 aromatic rings. The zero-order valence-corrected chi connectivity index (χ0v) is 10.9. The number of rotatable bonds is 7. The molecule has 18 heavy (non-hydrogen) atoms. The summed E-state index contributed by atoms with van der Waals surface area (Å²) in [5.74, 6) is 0.451. The summed E-state index contributed by atoms with van der Waals surface area (Å²) in [5, 5.41) is 0. The maximum Gasteiger partial charge on any atom is 0.311 e. The molecule has 0 bridgehead atoms. The molecule has 0 aromatic heterocycles. The van der Waals surface area contributed by atoms with Crippen LogP contribution in [0.1, 0.15) is 38.2 Å². The third-order valence-electron chi connectivity index (χ3n) is 2.49. The molecular weight excluding hydrogens is 224 g/mol. The van der Waals surface area contributed by atoms with Gasteiger partial charge in [-0.15, -0.1) is 6.58 Å². The van der Waals surface area contributed by atoms with Crippen molar-refractivity contribution in [1.29, 1.82) is 0 Å². The van der Waals surface area contributed by atoms with Crippen LogP contribution in [0.15, 0.2) is 49.1 Å². The van der Waals surface area contributed by atoms with Crippen molar-refractivity contribution >= 4 is 11.7 Å². The number of carbonyl (C=O) groups excluding carboxylic acids is 1. The van der Waals surface area contributed by atoms with Crippen molar-refractivity contribution in [2.24, 2.45) is 0 Å². The highest BCUT2D eigenvalue weighted by atomic mass is 16.5. The summed E-state index contributed by atoms with van der Waals surface area (Å²) < 4.78 is 5.42. The fraction of sp³-hybridized carbons (Fsp3) is 0.312. The van der Waals surface area contributed by atoms with Crippen LogP contribution in [0.2, 0.25) is 0 Å². The molecular formula is C16H20O2. The molecule has 0 saturated carbocycles. The predicted molar refractivity (Wildman–Crippen MR) is 74.9 cm³/mol. The van der Waals surface area contributed by atoms with Crippen LogP contribution in [-0.4, -0.2) is 5.97 Å². The Morgan fingerprint density at radius 3 is 2.67 bits per heavy atom. The number of ether oxygens (including phenoxy) is 1. The highest BCUT2D eigenvalue weighted by molar-refractivity contribution is 5.78. The first-order chi connectivity index (χ1) is 8.77. The summed E-state index contributed by atoms with van der Waals surface area (Å²) in [6, 6.07) is 9.66. The van der Waals surface area contributed by atoms with Crippen LogP contribution in [0.25, 0.3) is 5.76 Å². The Morgan fingerprint density at radius 1 is 1.33 bits per heavy atom. The number of benzene rings is 1. The molecule has 0 fully saturated rings. The SMILES string of the molecule is C=CCC=C(OC(=O)CCCC)c1ccccc1. The second-order valence-corrected chi connectivity index (χ2v) is 4.04. The van der Waals surface area contributed by atoms with E-state index in [1.54, 1.807) is 6.08 Å². The number of hydrogen-bond donors (Lipinski definition) is 0. The van der Waals surface area contributed by atoms with E-state index in [2.05, 4.69) is 13.5 Å². The number of hydrogen-bond acceptors (Lipinski definition) is 2. The van der Waals surface area contributed by atoms with Crippen molar-refractivity contribution in [1.82, 2.24) is 0 Å². The molecule has 0 N–H and O–H groups in total. The Hall–Kier alpha value is -1.83. The highest BCUT2D eigenvalue weighted by Crippen LogP contribution is 2.17. The van der Waals surface area contributed by atoms with Crippen molar-refractivity contribution < 1.29 is 9.53 Å². The third-order valence-corrected chi connectivity index (χ3v) is 2.49. The van der Waals surface area contributed by atoms with Gasteiger partial charge in [-0.25, -0.2) is 0 Å². The molecule has 2 nitrogen and oxygen atoms in total. The highest BCUT2D eigenvalue weighted by Gasteiger charge is 2.08. The molecule has 0 heterocycles. The number of allylic oxidation sites excluding steroid dienone is 2. The van der Waals surface area contributed by atoms with Gasteiger partial charge in [0.1, 0.15) is 5.76 Å². The second-order valence-electron chi connectivity index (χ2n) is 4.04. The van der Waals surface area contributed by atoms with E-state index in [-0.39, 0.29) is 5.97 Å². The molecule has 1 aromatic carbocycles. The van der Waals surface area contributed by atoms with Crippen LogP contribution >= 0.6 is 0 Å². The molecule has 0 amide bonds. The van der Waals surface area contributed by atoms with E-state index < -0.39 is 0 Å². The van der Waals surface area contributed by atoms with Gasteiger partial charge in [-0.1, -0.05) is 49.8 Å². The molecule has 0 spiro atoms. The molecule has 2 heteroatoms. The summed E-state index contributed by atoms with van der Waals surface area (Å²) in [4.78, 5) is 11.7. The fourth-order valence-corrected chi connectivity index (χ4v) is 1.51. The minimum absolute atomic E-state index is 0.170. The van der Waals surface area contributed by atoms with Gasteiger partial charge in [0.2, 0.25) is 0 Å². The molecule has 0 unspecified atom stereocenters. The van der Waals surface area contributed by atoms with Crippen LogP contribution in [0, 0.1) is 0 Å². The van der Waals surface area contributed by atoms with Gasteiger partial charge in [-0.2, -0.15) is 0 Å². The van der Waals surface area contributed by atoms with Crippen LogP contribution < -0.4 is 0 Å². The maximum absolute atomic E-state index is 11.7. The van der Waals surface area contributed by atoms with Gasteiger partial charge >= 0.3 is 5.97 Å². The molecule has 0 aliphatic rings. The lowest BCUT2D eigenvalue weighted by atomic mass is 10.1. The van der Waals surface area contributed by atoms with Crippen molar-refractivity contribution in [3.63, 3.8) is 0 Å². The monoisotopic (exact) mass is 244 g/mol. The molecule has 0 saturated heterocycles. The van der Waals surface area contributed by atoms with E-state index in [4.69, 9.17) is 4.74 Å². The first kappa shape index (κ1) is 14.2. The average molecular weight is 244 g/mol. The lowest BCUT2D eigenvalue weighted by Crippen LogP contribution is -2.03. The summed E-state index contributed by atoms with van der Waals surface area (Å²) in [5.41, 5.74) is 0.921.